The van der Waals surface area contributed by atoms with Crippen LogP contribution in [0.5, 0.6) is 0 Å². The van der Waals surface area contributed by atoms with E-state index in [1.54, 1.807) is 6.20 Å². The van der Waals surface area contributed by atoms with Gasteiger partial charge in [-0.15, -0.1) is 41.9 Å². The van der Waals surface area contributed by atoms with Gasteiger partial charge in [0.2, 0.25) is 0 Å². The van der Waals surface area contributed by atoms with Crippen molar-refractivity contribution in [1.82, 2.24) is 33.6 Å². The van der Waals surface area contributed by atoms with Gasteiger partial charge in [-0.2, -0.15) is 0 Å². The molecule has 1 unspecified atom stereocenters. The monoisotopic (exact) mass is 2110 g/mol. The molecule has 0 aliphatic heterocycles. The first-order valence-electron chi connectivity index (χ1n) is 46.8. The minimum Gasteiger partial charge on any atom is -0.305 e. The summed E-state index contributed by atoms with van der Waals surface area (Å²) in [6, 6.07) is 181. The van der Waals surface area contributed by atoms with Gasteiger partial charge < -0.3 is 4.98 Å². The summed E-state index contributed by atoms with van der Waals surface area (Å²) in [5.41, 5.74) is 24.2. The molecule has 0 fully saturated rings. The number of aromatic nitrogens is 7. The molecule has 141 heavy (non-hydrogen) atoms. The van der Waals surface area contributed by atoms with Crippen LogP contribution in [-0.4, -0.2) is 59.3 Å². The van der Waals surface area contributed by atoms with E-state index in [1.807, 2.05) is 101 Å². The van der Waals surface area contributed by atoms with Gasteiger partial charge in [0.15, 0.2) is 0 Å². The first-order valence-corrected chi connectivity index (χ1v) is 50.1. The van der Waals surface area contributed by atoms with E-state index >= 15 is 0 Å². The second-order valence-electron chi connectivity index (χ2n) is 34.2. The minimum absolute atomic E-state index is 0. The van der Waals surface area contributed by atoms with E-state index in [9.17, 15) is 0 Å². The van der Waals surface area contributed by atoms with Crippen LogP contribution in [0.2, 0.25) is 0 Å². The minimum atomic E-state index is -0.900. The van der Waals surface area contributed by atoms with Gasteiger partial charge in [-0.25, -0.2) is 15.0 Å². The summed E-state index contributed by atoms with van der Waals surface area (Å²) in [6.45, 7) is 0. The third-order valence-electron chi connectivity index (χ3n) is 26.1. The Labute approximate surface area is 853 Å². The average Bonchev–Trinajstić information content (AvgIpc) is 1.16. The van der Waals surface area contributed by atoms with Gasteiger partial charge >= 0.3 is 0 Å². The number of halogens is 1. The predicted molar refractivity (Wildman–Crippen MR) is 607 cm³/mol. The number of benzene rings is 23. The maximum absolute atomic E-state index is 6.41. The van der Waals surface area contributed by atoms with Crippen molar-refractivity contribution in [1.29, 1.82) is 1.28 Å². The Kier molecular flexibility index (Phi) is 27.0. The van der Waals surface area contributed by atoms with Gasteiger partial charge in [-0.05, 0) is 262 Å². The normalized spacial score (nSPS) is 11.4. The van der Waals surface area contributed by atoms with Crippen molar-refractivity contribution in [3.63, 3.8) is 0 Å². The van der Waals surface area contributed by atoms with Crippen LogP contribution in [0, 0.1) is 6.07 Å². The first kappa shape index (κ1) is 91.4. The second-order valence-corrected chi connectivity index (χ2v) is 36.1. The molecule has 4 aromatic heterocycles. The molecule has 27 aromatic rings. The van der Waals surface area contributed by atoms with E-state index < -0.39 is 6.05 Å². The number of hydrogen-bond donors (Lipinski definition) is 0. The number of para-hydroxylation sites is 9. The van der Waals surface area contributed by atoms with Crippen molar-refractivity contribution in [3.8, 4) is 107 Å². The fourth-order valence-corrected chi connectivity index (χ4v) is 20.1. The van der Waals surface area contributed by atoms with Crippen molar-refractivity contribution in [2.45, 2.75) is 0 Å². The molecule has 23 aromatic carbocycles. The Bertz CT molecular complexity index is 8800. The second kappa shape index (κ2) is 41.7. The Morgan fingerprint density at radius 1 is 0.248 bits per heavy atom. The summed E-state index contributed by atoms with van der Waals surface area (Å²) in [7, 11) is 4.83. The fraction of sp³-hybridized carbons (Fsp3) is 0. The predicted octanol–water partition coefficient (Wildman–Crippen LogP) is 34.0. The molecule has 0 amide bonds. The van der Waals surface area contributed by atoms with Gasteiger partial charge in [0.25, 0.3) is 0 Å². The molecule has 0 N–H and O–H groups in total. The van der Waals surface area contributed by atoms with Gasteiger partial charge in [-0.3, -0.25) is 13.7 Å². The number of pyridine rings is 1. The number of imidazole rings is 3. The summed E-state index contributed by atoms with van der Waals surface area (Å²) in [5.74, 6) is 2.53. The van der Waals surface area contributed by atoms with E-state index in [0.29, 0.717) is 0 Å². The smallest absolute Gasteiger partial charge is 0.145 e. The fourth-order valence-electron chi connectivity index (χ4n) is 20.1. The zero-order valence-electron chi connectivity index (χ0n) is 77.5. The summed E-state index contributed by atoms with van der Waals surface area (Å²) < 4.78 is 13.2. The van der Waals surface area contributed by atoms with Crippen molar-refractivity contribution < 1.29 is 20.1 Å². The molecule has 9 radical (unpaired) electrons. The molecular weight excluding hydrogens is 2020 g/mol. The van der Waals surface area contributed by atoms with E-state index in [0.717, 1.165) is 95.6 Å². The molecule has 0 aliphatic rings. The number of fused-ring (bicyclic) bond motifs is 13. The molecular formula is C128H85B3IIrN7P-. The molecule has 13 heteroatoms. The average molecular weight is 2110 g/mol. The van der Waals surface area contributed by atoms with Gasteiger partial charge in [-0.1, -0.05) is 386 Å². The largest absolute Gasteiger partial charge is 0.305 e. The van der Waals surface area contributed by atoms with Crippen molar-refractivity contribution in [2.75, 3.05) is 0 Å². The number of nitrogens with zero attached hydrogens (tertiary/aromatic N) is 7. The molecule has 0 spiro atoms. The van der Waals surface area contributed by atoms with Crippen LogP contribution in [0.3, 0.4) is 0 Å². The Morgan fingerprint density at radius 2 is 0.589 bits per heavy atom. The molecule has 7 nitrogen and oxygen atoms in total. The maximum Gasteiger partial charge on any atom is 0.145 e. The van der Waals surface area contributed by atoms with Gasteiger partial charge in [0.05, 0.1) is 34.4 Å². The van der Waals surface area contributed by atoms with Crippen molar-refractivity contribution in [3.05, 3.63) is 516 Å². The van der Waals surface area contributed by atoms with Crippen LogP contribution in [0.15, 0.2) is 510 Å². The molecule has 663 valence electrons. The molecule has 0 saturated heterocycles. The van der Waals surface area contributed by atoms with E-state index in [1.165, 1.54) is 141 Å². The van der Waals surface area contributed by atoms with Crippen LogP contribution < -0.4 is 0 Å². The van der Waals surface area contributed by atoms with Crippen molar-refractivity contribution >= 4 is 183 Å². The van der Waals surface area contributed by atoms with Gasteiger partial charge in [0, 0.05) is 76.9 Å². The molecule has 0 saturated carbocycles. The summed E-state index contributed by atoms with van der Waals surface area (Å²) >= 11 is 1.85. The zero-order valence-corrected chi connectivity index (χ0v) is 82.0. The van der Waals surface area contributed by atoms with E-state index in [-0.39, 0.29) is 36.9 Å². The van der Waals surface area contributed by atoms with Crippen LogP contribution in [0.4, 0.5) is 0 Å². The SMILES string of the molecule is [3H]P([B])I.[B].[B].[Ir].[c-]1ccccc1-c1ccccn1.c1ccc(-c2c3ccccc3c(-c3cccc4c3ccc3cc5ccccc5cc34)c3ccccc23)cc1.c1ccc(-n2c(-c3cc(-c4nc5ccccc5n4-c4ccccc4)cc(-c4nc5ccccc5n4-c4ccccc4)c3)nc3ccccc32)cc1.c1ccc2cc(-c3c4ccccc4c(-c4cccc5ccccc45)c4ccccc34)ccc2c1. The molecule has 0 aliphatic carbocycles. The summed E-state index contributed by atoms with van der Waals surface area (Å²) in [6.07, 6.45) is 1.79. The summed E-state index contributed by atoms with van der Waals surface area (Å²) in [4.78, 5) is 20.1. The van der Waals surface area contributed by atoms with Crippen LogP contribution >= 0.6 is 28.1 Å². The van der Waals surface area contributed by atoms with E-state index in [4.69, 9.17) is 23.8 Å². The third-order valence-corrected chi connectivity index (χ3v) is 26.1. The van der Waals surface area contributed by atoms with Crippen molar-refractivity contribution in [2.24, 2.45) is 0 Å². The van der Waals surface area contributed by atoms with Crippen LogP contribution in [0.25, 0.3) is 237 Å². The zero-order chi connectivity index (χ0) is 93.1. The van der Waals surface area contributed by atoms with E-state index in [2.05, 4.69) is 449 Å². The first-order chi connectivity index (χ1) is 68.7. The maximum atomic E-state index is 6.41. The molecule has 27 rings (SSSR count). The Morgan fingerprint density at radius 3 is 1.04 bits per heavy atom. The Balaban J connectivity index is 0.000000121. The molecule has 1 atom stereocenters. The number of hydrogen-bond acceptors (Lipinski definition) is 4. The standard InChI is InChI=1S/C45H30N6.C38H24.C34H22.C11H8N.BHIP.2B.Ir/c1-4-16-34(17-5-1)49-40-25-13-10-22-37(40)46-43(49)31-28-32(44-47-38-23-11-14-26-41(38)50(44)35-18-6-2-7-19-35)30-33(29-31)45-48-39-24-12-15-27-42(39)51(45)36-20-8-3-9-21-36;1-2-11-25(12-3-1)37-32-15-6-8-17-34(32)38(35-18-9-7-16-33(35)37)31-20-10-19-29-30(31)22-21-28-23-26-13-4-5-14-27(26)24-36(28)29;1-2-12-25-22-26(21-20-23(25)10-1)33-29-15-5-7-17-31(29)34(32-18-8-6-16-30(32)33)28-19-9-13-24-11-3-4-14-27(24)28;1-2-6-10(7-3-1)11-8-4-5-9-12-11;1-3-2;;;/h1-30H;1-24H;1-22H;1-6,8-9H;3H;;;/q;;;-1;;;;/i;;;;3T;;;. The molecule has 4 heterocycles. The molecule has 0 bridgehead atoms. The summed E-state index contributed by atoms with van der Waals surface area (Å²) in [5, 5.41) is 23.2. The number of rotatable bonds is 11. The van der Waals surface area contributed by atoms with Gasteiger partial charge in [0.1, 0.15) is 25.0 Å². The van der Waals surface area contributed by atoms with Crippen LogP contribution in [0.1, 0.15) is 0 Å². The quantitative estimate of drug-likeness (QED) is 0.0323. The third kappa shape index (κ3) is 18.0. The topological polar surface area (TPSA) is 66.3 Å². The van der Waals surface area contributed by atoms with Crippen LogP contribution in [-0.2, 0) is 20.1 Å². The Hall–Kier alpha value is -16.0.